The Morgan fingerprint density at radius 2 is 2.09 bits per heavy atom. The number of likely N-dealkylation sites (tertiary alicyclic amines) is 1. The van der Waals surface area contributed by atoms with Gasteiger partial charge in [-0.15, -0.1) is 0 Å². The maximum atomic E-state index is 12.2. The van der Waals surface area contributed by atoms with E-state index >= 15 is 0 Å². The van der Waals surface area contributed by atoms with Gasteiger partial charge in [0.2, 0.25) is 11.8 Å². The molecule has 0 N–H and O–H groups in total. The first-order valence-electron chi connectivity index (χ1n) is 7.88. The summed E-state index contributed by atoms with van der Waals surface area (Å²) in [6, 6.07) is 0. The second-order valence-corrected chi connectivity index (χ2v) is 9.45. The topological polar surface area (TPSA) is 93.4 Å². The van der Waals surface area contributed by atoms with E-state index in [1.165, 1.54) is 0 Å². The average molecular weight is 343 g/mol. The van der Waals surface area contributed by atoms with E-state index in [9.17, 15) is 13.2 Å². The first-order valence-corrected chi connectivity index (χ1v) is 9.70. The predicted octanol–water partition coefficient (Wildman–Crippen LogP) is 1.54. The van der Waals surface area contributed by atoms with Crippen LogP contribution in [0.15, 0.2) is 4.52 Å². The van der Waals surface area contributed by atoms with Crippen molar-refractivity contribution in [2.75, 3.05) is 18.8 Å². The summed E-state index contributed by atoms with van der Waals surface area (Å²) in [5.41, 5.74) is -0.339. The van der Waals surface area contributed by atoms with Crippen molar-refractivity contribution < 1.29 is 17.7 Å². The summed E-state index contributed by atoms with van der Waals surface area (Å²) < 4.78 is 29.5. The van der Waals surface area contributed by atoms with Crippen molar-refractivity contribution in [1.82, 2.24) is 15.0 Å². The predicted molar refractivity (Wildman–Crippen MR) is 85.5 cm³/mol. The van der Waals surface area contributed by atoms with Crippen molar-refractivity contribution in [2.24, 2.45) is 5.92 Å². The Labute approximate surface area is 137 Å². The molecule has 2 rings (SSSR count). The standard InChI is InChI=1S/C15H25N3O4S/c1-11-6-5-7-18(8-11)13(19)10-23(20,21)9-12-16-14(22-17-12)15(2,3)4/h11H,5-10H2,1-4H3/t11-/m1/s1. The molecule has 0 aliphatic carbocycles. The molecule has 1 saturated heterocycles. The van der Waals surface area contributed by atoms with Gasteiger partial charge in [0.1, 0.15) is 11.5 Å². The van der Waals surface area contributed by atoms with Crippen molar-refractivity contribution in [2.45, 2.75) is 51.7 Å². The van der Waals surface area contributed by atoms with Gasteiger partial charge in [0.05, 0.1) is 0 Å². The molecule has 1 amide bonds. The lowest BCUT2D eigenvalue weighted by Crippen LogP contribution is -2.42. The molecule has 1 aromatic heterocycles. The summed E-state index contributed by atoms with van der Waals surface area (Å²) in [6.45, 7) is 9.04. The highest BCUT2D eigenvalue weighted by atomic mass is 32.2. The Balaban J connectivity index is 1.99. The van der Waals surface area contributed by atoms with E-state index in [-0.39, 0.29) is 22.9 Å². The first kappa shape index (κ1) is 17.9. The average Bonchev–Trinajstić information content (AvgIpc) is 2.85. The van der Waals surface area contributed by atoms with Crippen LogP contribution in [0.25, 0.3) is 0 Å². The number of carbonyl (C=O) groups excluding carboxylic acids is 1. The fourth-order valence-corrected chi connectivity index (χ4v) is 3.73. The van der Waals surface area contributed by atoms with Crippen molar-refractivity contribution >= 4 is 15.7 Å². The molecule has 0 spiro atoms. The highest BCUT2D eigenvalue weighted by Gasteiger charge is 2.28. The number of piperidine rings is 1. The Hall–Kier alpha value is -1.44. The second-order valence-electron chi connectivity index (χ2n) is 7.39. The molecule has 8 heteroatoms. The fourth-order valence-electron chi connectivity index (χ4n) is 2.56. The van der Waals surface area contributed by atoms with Gasteiger partial charge in [-0.2, -0.15) is 4.98 Å². The molecular formula is C15H25N3O4S. The van der Waals surface area contributed by atoms with Crippen LogP contribution in [0.4, 0.5) is 0 Å². The van der Waals surface area contributed by atoms with E-state index in [0.29, 0.717) is 24.9 Å². The minimum atomic E-state index is -3.61. The number of aromatic nitrogens is 2. The number of rotatable bonds is 4. The zero-order chi connectivity index (χ0) is 17.3. The van der Waals surface area contributed by atoms with Crippen LogP contribution in [0.1, 0.15) is 52.3 Å². The van der Waals surface area contributed by atoms with Crippen molar-refractivity contribution in [1.29, 1.82) is 0 Å². The third kappa shape index (κ3) is 5.02. The minimum Gasteiger partial charge on any atom is -0.342 e. The van der Waals surface area contributed by atoms with Gasteiger partial charge in [-0.25, -0.2) is 8.42 Å². The second kappa shape index (κ2) is 6.59. The lowest BCUT2D eigenvalue weighted by atomic mass is 9.97. The molecular weight excluding hydrogens is 318 g/mol. The number of sulfone groups is 1. The molecule has 1 atom stereocenters. The van der Waals surface area contributed by atoms with Gasteiger partial charge < -0.3 is 9.42 Å². The maximum Gasteiger partial charge on any atom is 0.237 e. The van der Waals surface area contributed by atoms with Gasteiger partial charge in [0.25, 0.3) is 0 Å². The normalized spacial score (nSPS) is 19.8. The number of amides is 1. The molecule has 1 fully saturated rings. The zero-order valence-electron chi connectivity index (χ0n) is 14.2. The van der Waals surface area contributed by atoms with E-state index in [4.69, 9.17) is 4.52 Å². The van der Waals surface area contributed by atoms with Crippen LogP contribution < -0.4 is 0 Å². The molecule has 0 saturated carbocycles. The Morgan fingerprint density at radius 3 is 2.65 bits per heavy atom. The monoisotopic (exact) mass is 343 g/mol. The molecule has 0 unspecified atom stereocenters. The number of hydrogen-bond donors (Lipinski definition) is 0. The van der Waals surface area contributed by atoms with Gasteiger partial charge in [0.15, 0.2) is 15.7 Å². The lowest BCUT2D eigenvalue weighted by molar-refractivity contribution is -0.130. The third-order valence-electron chi connectivity index (χ3n) is 3.81. The summed E-state index contributed by atoms with van der Waals surface area (Å²) >= 11 is 0. The molecule has 2 heterocycles. The molecule has 0 radical (unpaired) electrons. The third-order valence-corrected chi connectivity index (χ3v) is 5.20. The highest BCUT2D eigenvalue weighted by molar-refractivity contribution is 7.91. The van der Waals surface area contributed by atoms with Crippen molar-refractivity contribution in [3.8, 4) is 0 Å². The van der Waals surface area contributed by atoms with Gasteiger partial charge >= 0.3 is 0 Å². The van der Waals surface area contributed by atoms with Crippen LogP contribution in [-0.2, 0) is 25.8 Å². The minimum absolute atomic E-state index is 0.106. The van der Waals surface area contributed by atoms with E-state index in [2.05, 4.69) is 17.1 Å². The number of hydrogen-bond acceptors (Lipinski definition) is 6. The van der Waals surface area contributed by atoms with Gasteiger partial charge in [-0.05, 0) is 18.8 Å². The van der Waals surface area contributed by atoms with Gasteiger partial charge in [-0.1, -0.05) is 32.9 Å². The molecule has 1 aromatic rings. The summed E-state index contributed by atoms with van der Waals surface area (Å²) in [5, 5.41) is 3.71. The molecule has 130 valence electrons. The Bertz CT molecular complexity index is 661. The van der Waals surface area contributed by atoms with Crippen LogP contribution in [0.3, 0.4) is 0 Å². The summed E-state index contributed by atoms with van der Waals surface area (Å²) in [6.07, 6.45) is 2.00. The summed E-state index contributed by atoms with van der Waals surface area (Å²) in [7, 11) is -3.61. The molecule has 0 bridgehead atoms. The summed E-state index contributed by atoms with van der Waals surface area (Å²) in [4.78, 5) is 18.0. The quantitative estimate of drug-likeness (QED) is 0.823. The largest absolute Gasteiger partial charge is 0.342 e. The smallest absolute Gasteiger partial charge is 0.237 e. The zero-order valence-corrected chi connectivity index (χ0v) is 15.0. The number of carbonyl (C=O) groups is 1. The van der Waals surface area contributed by atoms with Crippen LogP contribution in [0.5, 0.6) is 0 Å². The van der Waals surface area contributed by atoms with E-state index in [1.54, 1.807) is 4.90 Å². The van der Waals surface area contributed by atoms with Crippen molar-refractivity contribution in [3.05, 3.63) is 11.7 Å². The molecule has 23 heavy (non-hydrogen) atoms. The Kier molecular flexibility index (Phi) is 5.13. The van der Waals surface area contributed by atoms with E-state index < -0.39 is 15.6 Å². The van der Waals surface area contributed by atoms with Crippen LogP contribution in [0, 0.1) is 5.92 Å². The summed E-state index contributed by atoms with van der Waals surface area (Å²) in [5.74, 6) is -0.299. The van der Waals surface area contributed by atoms with Crippen LogP contribution >= 0.6 is 0 Å². The SMILES string of the molecule is C[C@@H]1CCCN(C(=O)CS(=O)(=O)Cc2noc(C(C)(C)C)n2)C1. The van der Waals surface area contributed by atoms with Gasteiger partial charge in [-0.3, -0.25) is 4.79 Å². The maximum absolute atomic E-state index is 12.2. The van der Waals surface area contributed by atoms with E-state index in [0.717, 1.165) is 12.8 Å². The highest BCUT2D eigenvalue weighted by Crippen LogP contribution is 2.20. The van der Waals surface area contributed by atoms with Gasteiger partial charge in [0, 0.05) is 18.5 Å². The Morgan fingerprint density at radius 1 is 1.39 bits per heavy atom. The first-order chi connectivity index (χ1) is 10.6. The molecule has 1 aliphatic heterocycles. The van der Waals surface area contributed by atoms with E-state index in [1.807, 2.05) is 20.8 Å². The molecule has 0 aromatic carbocycles. The molecule has 7 nitrogen and oxygen atoms in total. The lowest BCUT2D eigenvalue weighted by Gasteiger charge is -2.30. The van der Waals surface area contributed by atoms with Crippen LogP contribution in [0.2, 0.25) is 0 Å². The number of nitrogens with zero attached hydrogens (tertiary/aromatic N) is 3. The van der Waals surface area contributed by atoms with Crippen LogP contribution in [-0.4, -0.2) is 48.2 Å². The molecule has 1 aliphatic rings. The fraction of sp³-hybridized carbons (Fsp3) is 0.800. The van der Waals surface area contributed by atoms with Crippen molar-refractivity contribution in [3.63, 3.8) is 0 Å².